The number of hydrogen-bond donors (Lipinski definition) is 4. The van der Waals surface area contributed by atoms with E-state index in [9.17, 15) is 9.59 Å². The van der Waals surface area contributed by atoms with Gasteiger partial charge in [-0.1, -0.05) is 41.9 Å². The van der Waals surface area contributed by atoms with Gasteiger partial charge in [0.15, 0.2) is 0 Å². The van der Waals surface area contributed by atoms with Crippen molar-refractivity contribution in [2.45, 2.75) is 0 Å². The molecule has 26 heavy (non-hydrogen) atoms. The molecule has 0 bridgehead atoms. The number of carbonyl (C=O) groups is 2. The highest BCUT2D eigenvalue weighted by atomic mass is 35.5. The number of halogens is 1. The Morgan fingerprint density at radius 2 is 1.69 bits per heavy atom. The Kier molecular flexibility index (Phi) is 5.04. The summed E-state index contributed by atoms with van der Waals surface area (Å²) in [6, 6.07) is 16.9. The van der Waals surface area contributed by atoms with E-state index in [1.807, 2.05) is 35.8 Å². The third-order valence-electron chi connectivity index (χ3n) is 3.82. The first kappa shape index (κ1) is 17.7. The van der Waals surface area contributed by atoms with Crippen LogP contribution in [0.25, 0.3) is 10.8 Å². The first-order chi connectivity index (χ1) is 12.5. The zero-order valence-electron chi connectivity index (χ0n) is 13.6. The normalized spacial score (nSPS) is 10.4. The molecule has 0 fully saturated rings. The fraction of sp³-hybridized carbons (Fsp3) is 0. The number of nitrogens with two attached hydrogens (primary N) is 2. The number of carbonyl (C=O) groups excluding carboxylic acids is 2. The van der Waals surface area contributed by atoms with Gasteiger partial charge in [-0.05, 0) is 41.1 Å². The molecule has 0 aliphatic carbocycles. The third kappa shape index (κ3) is 3.60. The molecule has 8 heteroatoms. The average molecular weight is 370 g/mol. The number of nitrogens with one attached hydrogen (secondary N) is 2. The van der Waals surface area contributed by atoms with Gasteiger partial charge >= 0.3 is 6.03 Å². The number of rotatable bonds is 3. The van der Waals surface area contributed by atoms with Crippen LogP contribution in [0.3, 0.4) is 0 Å². The second kappa shape index (κ2) is 7.40. The van der Waals surface area contributed by atoms with Crippen LogP contribution in [0.2, 0.25) is 5.02 Å². The summed E-state index contributed by atoms with van der Waals surface area (Å²) in [4.78, 5) is 24.3. The summed E-state index contributed by atoms with van der Waals surface area (Å²) in [6.45, 7) is 0. The van der Waals surface area contributed by atoms with E-state index in [0.717, 1.165) is 15.8 Å². The predicted molar refractivity (Wildman–Crippen MR) is 103 cm³/mol. The number of benzene rings is 3. The van der Waals surface area contributed by atoms with Gasteiger partial charge in [0, 0.05) is 10.6 Å². The Hall–Kier alpha value is -3.13. The van der Waals surface area contributed by atoms with E-state index in [1.165, 1.54) is 6.07 Å². The van der Waals surface area contributed by atoms with Gasteiger partial charge in [0.25, 0.3) is 5.91 Å². The van der Waals surface area contributed by atoms with Gasteiger partial charge in [-0.15, -0.1) is 0 Å². The molecule has 0 heterocycles. The lowest BCUT2D eigenvalue weighted by atomic mass is 10.1. The van der Waals surface area contributed by atoms with Crippen molar-refractivity contribution >= 4 is 45.7 Å². The average Bonchev–Trinajstić information content (AvgIpc) is 2.67. The summed E-state index contributed by atoms with van der Waals surface area (Å²) < 4.78 is 0. The van der Waals surface area contributed by atoms with Crippen molar-refractivity contribution in [3.8, 4) is 0 Å². The third-order valence-corrected chi connectivity index (χ3v) is 4.06. The monoisotopic (exact) mass is 369 g/mol. The Balaban J connectivity index is 1.92. The topological polar surface area (TPSA) is 113 Å². The van der Waals surface area contributed by atoms with Gasteiger partial charge in [0.1, 0.15) is 0 Å². The van der Waals surface area contributed by atoms with Crippen LogP contribution < -0.4 is 27.4 Å². The Bertz CT molecular complexity index is 992. The molecule has 0 radical (unpaired) electrons. The van der Waals surface area contributed by atoms with Crippen LogP contribution >= 0.6 is 11.6 Å². The number of fused-ring (bicyclic) bond motifs is 1. The maximum Gasteiger partial charge on any atom is 0.350 e. The lowest BCUT2D eigenvalue weighted by Crippen LogP contribution is -2.48. The lowest BCUT2D eigenvalue weighted by molar-refractivity contribution is 0.102. The summed E-state index contributed by atoms with van der Waals surface area (Å²) in [5.41, 5.74) is 2.91. The van der Waals surface area contributed by atoms with Crippen LogP contribution in [-0.4, -0.2) is 11.9 Å². The summed E-state index contributed by atoms with van der Waals surface area (Å²) in [5, 5.41) is 5.83. The van der Waals surface area contributed by atoms with Crippen LogP contribution in [0.5, 0.6) is 0 Å². The van der Waals surface area contributed by atoms with Gasteiger partial charge in [0.2, 0.25) is 0 Å². The summed E-state index contributed by atoms with van der Waals surface area (Å²) in [5.74, 6) is 10.5. The molecule has 0 saturated heterocycles. The highest BCUT2D eigenvalue weighted by Gasteiger charge is 2.17. The summed E-state index contributed by atoms with van der Waals surface area (Å²) in [7, 11) is 0. The van der Waals surface area contributed by atoms with Crippen LogP contribution in [-0.2, 0) is 0 Å². The van der Waals surface area contributed by atoms with Gasteiger partial charge < -0.3 is 5.32 Å². The van der Waals surface area contributed by atoms with Crippen molar-refractivity contribution in [3.05, 3.63) is 71.2 Å². The first-order valence-electron chi connectivity index (χ1n) is 7.64. The second-order valence-corrected chi connectivity index (χ2v) is 5.93. The molecule has 0 unspecified atom stereocenters. The van der Waals surface area contributed by atoms with E-state index in [0.29, 0.717) is 16.3 Å². The summed E-state index contributed by atoms with van der Waals surface area (Å²) >= 11 is 5.97. The maximum absolute atomic E-state index is 12.6. The molecular weight excluding hydrogens is 354 g/mol. The van der Waals surface area contributed by atoms with E-state index in [1.54, 1.807) is 24.3 Å². The molecule has 0 saturated carbocycles. The maximum atomic E-state index is 12.6. The zero-order valence-corrected chi connectivity index (χ0v) is 14.3. The van der Waals surface area contributed by atoms with Crippen molar-refractivity contribution in [1.82, 2.24) is 5.43 Å². The predicted octanol–water partition coefficient (Wildman–Crippen LogP) is 3.01. The number of nitrogens with zero attached hydrogens (tertiary/aromatic N) is 1. The molecule has 0 aliphatic heterocycles. The lowest BCUT2D eigenvalue weighted by Gasteiger charge is -2.20. The summed E-state index contributed by atoms with van der Waals surface area (Å²) in [6.07, 6.45) is 0. The minimum atomic E-state index is -0.756. The molecule has 0 atom stereocenters. The standard InChI is InChI=1S/C18H16ClN5O2/c19-14-7-8-15(16(10-14)24(21)18(26)23-20)22-17(25)13-6-5-11-3-1-2-4-12(11)9-13/h1-10H,20-21H2,(H,22,25)(H,23,26). The molecular formula is C18H16ClN5O2. The minimum Gasteiger partial charge on any atom is -0.320 e. The Labute approximate surface area is 154 Å². The molecule has 7 nitrogen and oxygen atoms in total. The SMILES string of the molecule is NNC(=O)N(N)c1cc(Cl)ccc1NC(=O)c1ccc2ccccc2c1. The molecule has 0 spiro atoms. The van der Waals surface area contributed by atoms with Gasteiger partial charge in [0.05, 0.1) is 11.4 Å². The van der Waals surface area contributed by atoms with Crippen molar-refractivity contribution in [3.63, 3.8) is 0 Å². The van der Waals surface area contributed by atoms with Crippen LogP contribution in [0, 0.1) is 0 Å². The highest BCUT2D eigenvalue weighted by Crippen LogP contribution is 2.28. The van der Waals surface area contributed by atoms with E-state index >= 15 is 0 Å². The van der Waals surface area contributed by atoms with Crippen molar-refractivity contribution in [2.75, 3.05) is 10.3 Å². The van der Waals surface area contributed by atoms with Crippen LogP contribution in [0.1, 0.15) is 10.4 Å². The van der Waals surface area contributed by atoms with E-state index < -0.39 is 6.03 Å². The quantitative estimate of drug-likeness (QED) is 0.323. The smallest absolute Gasteiger partial charge is 0.320 e. The highest BCUT2D eigenvalue weighted by molar-refractivity contribution is 6.31. The molecule has 132 valence electrons. The first-order valence-corrected chi connectivity index (χ1v) is 8.02. The van der Waals surface area contributed by atoms with E-state index in [-0.39, 0.29) is 11.6 Å². The van der Waals surface area contributed by atoms with E-state index in [2.05, 4.69) is 5.32 Å². The molecule has 6 N–H and O–H groups in total. The minimum absolute atomic E-state index is 0.203. The molecule has 3 aromatic carbocycles. The number of anilines is 2. The molecule has 3 amide bonds. The molecule has 0 aromatic heterocycles. The van der Waals surface area contributed by atoms with Crippen molar-refractivity contribution in [2.24, 2.45) is 11.7 Å². The van der Waals surface area contributed by atoms with E-state index in [4.69, 9.17) is 23.3 Å². The van der Waals surface area contributed by atoms with Gasteiger partial charge in [-0.3, -0.25) is 10.2 Å². The second-order valence-electron chi connectivity index (χ2n) is 5.50. The largest absolute Gasteiger partial charge is 0.350 e. The van der Waals surface area contributed by atoms with Gasteiger partial charge in [-0.2, -0.15) is 0 Å². The molecule has 0 aliphatic rings. The molecule has 3 rings (SSSR count). The van der Waals surface area contributed by atoms with Crippen LogP contribution in [0.4, 0.5) is 16.2 Å². The van der Waals surface area contributed by atoms with Crippen molar-refractivity contribution in [1.29, 1.82) is 0 Å². The van der Waals surface area contributed by atoms with Gasteiger partial charge in [-0.25, -0.2) is 21.5 Å². The fourth-order valence-corrected chi connectivity index (χ4v) is 2.68. The Morgan fingerprint density at radius 3 is 2.42 bits per heavy atom. The number of hydrazine groups is 2. The van der Waals surface area contributed by atoms with Crippen molar-refractivity contribution < 1.29 is 9.59 Å². The number of hydrogen-bond acceptors (Lipinski definition) is 4. The number of amides is 3. The Morgan fingerprint density at radius 1 is 0.962 bits per heavy atom. The fourth-order valence-electron chi connectivity index (χ4n) is 2.51. The zero-order chi connectivity index (χ0) is 18.7. The molecule has 3 aromatic rings. The van der Waals surface area contributed by atoms with Crippen LogP contribution in [0.15, 0.2) is 60.7 Å². The number of urea groups is 1.